The van der Waals surface area contributed by atoms with Crippen molar-refractivity contribution in [3.8, 4) is 16.9 Å². The molecule has 4 aromatic rings. The zero-order chi connectivity index (χ0) is 30.7. The van der Waals surface area contributed by atoms with Crippen LogP contribution in [-0.4, -0.2) is 50.2 Å². The number of carbonyl (C=O) groups excluding carboxylic acids is 3. The Hall–Kier alpha value is -5.20. The number of nitrogens with one attached hydrogen (secondary N) is 3. The van der Waals surface area contributed by atoms with E-state index in [2.05, 4.69) is 41.2 Å². The maximum Gasteiger partial charge on any atom is 0.411 e. The van der Waals surface area contributed by atoms with Crippen LogP contribution in [0.3, 0.4) is 0 Å². The molecule has 3 heterocycles. The molecule has 3 N–H and O–H groups in total. The van der Waals surface area contributed by atoms with Crippen molar-refractivity contribution in [1.29, 1.82) is 0 Å². The van der Waals surface area contributed by atoms with E-state index in [1.54, 1.807) is 62.5 Å². The fraction of sp³-hybridized carbons (Fsp3) is 0.300. The molecule has 2 bridgehead atoms. The first-order valence-electron chi connectivity index (χ1n) is 13.8. The number of rotatable bonds is 4. The Morgan fingerprint density at radius 3 is 2.72 bits per heavy atom. The summed E-state index contributed by atoms with van der Waals surface area (Å²) in [5.41, 5.74) is 3.72. The van der Waals surface area contributed by atoms with Crippen molar-refractivity contribution < 1.29 is 23.5 Å². The Labute approximate surface area is 247 Å². The Morgan fingerprint density at radius 1 is 1.12 bits per heavy atom. The first-order chi connectivity index (χ1) is 20.7. The molecule has 0 radical (unpaired) electrons. The van der Waals surface area contributed by atoms with Gasteiger partial charge in [-0.2, -0.15) is 10.2 Å². The zero-order valence-corrected chi connectivity index (χ0v) is 24.1. The van der Waals surface area contributed by atoms with Gasteiger partial charge < -0.3 is 15.4 Å². The molecule has 222 valence electrons. The highest BCUT2D eigenvalue weighted by Crippen LogP contribution is 2.33. The van der Waals surface area contributed by atoms with E-state index in [1.165, 1.54) is 11.8 Å². The number of carbonyl (C=O) groups is 3. The van der Waals surface area contributed by atoms with Gasteiger partial charge in [0.2, 0.25) is 5.91 Å². The molecule has 12 nitrogen and oxygen atoms in total. The molecule has 1 aliphatic rings. The summed E-state index contributed by atoms with van der Waals surface area (Å²) < 4.78 is 20.8. The van der Waals surface area contributed by atoms with Crippen molar-refractivity contribution in [2.24, 2.45) is 5.92 Å². The van der Waals surface area contributed by atoms with Crippen LogP contribution in [0.25, 0.3) is 16.9 Å². The summed E-state index contributed by atoms with van der Waals surface area (Å²) >= 11 is 0. The number of aryl methyl sites for hydroxylation is 1. The van der Waals surface area contributed by atoms with Crippen molar-refractivity contribution in [1.82, 2.24) is 30.5 Å². The largest absolute Gasteiger partial charge is 0.453 e. The standard InChI is InChI=1S/C30H31FN8O4/c1-16-7-6-10-25(26(16)31)39-18(3)27(37-38-39)29(41)34-22-9-5-8-17(2)28(40)35-23-14-20(33-30(42)43-4)11-12-21(23)24-13-19(22)15-32-36-24/h6-7,10-15,17,22H,5,8-9H2,1-4H3,(H,33,42)(H,34,41)(H,35,40)/t17-,22-/m0/s1. The van der Waals surface area contributed by atoms with E-state index >= 15 is 0 Å². The van der Waals surface area contributed by atoms with E-state index in [9.17, 15) is 18.8 Å². The zero-order valence-electron chi connectivity index (χ0n) is 24.1. The molecule has 0 fully saturated rings. The van der Waals surface area contributed by atoms with Gasteiger partial charge in [-0.3, -0.25) is 14.9 Å². The Bertz CT molecular complexity index is 1710. The lowest BCUT2D eigenvalue weighted by atomic mass is 9.95. The van der Waals surface area contributed by atoms with Gasteiger partial charge in [0.1, 0.15) is 5.69 Å². The summed E-state index contributed by atoms with van der Waals surface area (Å²) in [4.78, 5) is 38.3. The number of halogens is 1. The molecule has 0 saturated heterocycles. The molecule has 2 aromatic heterocycles. The summed E-state index contributed by atoms with van der Waals surface area (Å²) in [6.45, 7) is 5.14. The van der Waals surface area contributed by atoms with Crippen LogP contribution in [0.4, 0.5) is 20.6 Å². The molecular formula is C30H31FN8O4. The molecule has 2 atom stereocenters. The predicted octanol–water partition coefficient (Wildman–Crippen LogP) is 4.89. The number of ether oxygens (including phenoxy) is 1. The number of aromatic nitrogens is 5. The Balaban J connectivity index is 1.48. The van der Waals surface area contributed by atoms with Crippen LogP contribution in [0.15, 0.2) is 48.7 Å². The van der Waals surface area contributed by atoms with Crippen molar-refractivity contribution in [2.45, 2.75) is 46.1 Å². The van der Waals surface area contributed by atoms with Gasteiger partial charge in [-0.05, 0) is 68.1 Å². The van der Waals surface area contributed by atoms with Crippen molar-refractivity contribution >= 4 is 29.3 Å². The lowest BCUT2D eigenvalue weighted by molar-refractivity contribution is -0.119. The van der Waals surface area contributed by atoms with Crippen LogP contribution in [0.1, 0.15) is 59.5 Å². The van der Waals surface area contributed by atoms with Crippen LogP contribution in [-0.2, 0) is 9.53 Å². The van der Waals surface area contributed by atoms with Gasteiger partial charge in [-0.15, -0.1) is 5.10 Å². The second-order valence-corrected chi connectivity index (χ2v) is 10.4. The smallest absolute Gasteiger partial charge is 0.411 e. The minimum absolute atomic E-state index is 0.0676. The molecule has 0 unspecified atom stereocenters. The highest BCUT2D eigenvalue weighted by Gasteiger charge is 2.25. The fourth-order valence-electron chi connectivity index (χ4n) is 4.95. The molecular weight excluding hydrogens is 555 g/mol. The number of amides is 3. The molecule has 43 heavy (non-hydrogen) atoms. The summed E-state index contributed by atoms with van der Waals surface area (Å²) in [6, 6.07) is 11.3. The molecule has 5 rings (SSSR count). The minimum atomic E-state index is -0.646. The van der Waals surface area contributed by atoms with Crippen LogP contribution in [0.5, 0.6) is 0 Å². The Kier molecular flexibility index (Phi) is 8.41. The quantitative estimate of drug-likeness (QED) is 0.306. The van der Waals surface area contributed by atoms with E-state index in [1.807, 2.05) is 6.92 Å². The maximum absolute atomic E-state index is 14.8. The first kappa shape index (κ1) is 29.3. The van der Waals surface area contributed by atoms with E-state index in [0.29, 0.717) is 58.7 Å². The minimum Gasteiger partial charge on any atom is -0.453 e. The van der Waals surface area contributed by atoms with Crippen molar-refractivity contribution in [3.05, 3.63) is 77.0 Å². The maximum atomic E-state index is 14.8. The molecule has 13 heteroatoms. The molecule has 0 aliphatic carbocycles. The molecule has 0 saturated carbocycles. The number of benzene rings is 2. The number of methoxy groups -OCH3 is 1. The normalized spacial score (nSPS) is 16.6. The number of nitrogens with zero attached hydrogens (tertiary/aromatic N) is 5. The highest BCUT2D eigenvalue weighted by molar-refractivity contribution is 5.98. The predicted molar refractivity (Wildman–Crippen MR) is 156 cm³/mol. The second-order valence-electron chi connectivity index (χ2n) is 10.4. The summed E-state index contributed by atoms with van der Waals surface area (Å²) in [7, 11) is 1.26. The lowest BCUT2D eigenvalue weighted by Crippen LogP contribution is -2.30. The average molecular weight is 587 g/mol. The van der Waals surface area contributed by atoms with Gasteiger partial charge in [0.25, 0.3) is 5.91 Å². The third-order valence-corrected chi connectivity index (χ3v) is 7.46. The topological polar surface area (TPSA) is 153 Å². The molecule has 2 aromatic carbocycles. The SMILES string of the molecule is COC(=O)Nc1ccc2c(c1)NC(=O)[C@@H](C)CCC[C@H](NC(=O)c1nnn(-c3cccc(C)c3F)c1C)c1cnnc-2c1. The van der Waals surface area contributed by atoms with Crippen molar-refractivity contribution in [3.63, 3.8) is 0 Å². The van der Waals surface area contributed by atoms with Crippen LogP contribution < -0.4 is 16.0 Å². The molecule has 3 amide bonds. The summed E-state index contributed by atoms with van der Waals surface area (Å²) in [5, 5.41) is 25.2. The number of hydrogen-bond acceptors (Lipinski definition) is 8. The number of fused-ring (bicyclic) bond motifs is 4. The van der Waals surface area contributed by atoms with Gasteiger partial charge in [-0.25, -0.2) is 13.9 Å². The summed E-state index contributed by atoms with van der Waals surface area (Å²) in [5.74, 6) is -1.45. The van der Waals surface area contributed by atoms with E-state index in [4.69, 9.17) is 0 Å². The second kappa shape index (κ2) is 12.3. The van der Waals surface area contributed by atoms with Gasteiger partial charge >= 0.3 is 6.09 Å². The van der Waals surface area contributed by atoms with Gasteiger partial charge in [-0.1, -0.05) is 30.7 Å². The van der Waals surface area contributed by atoms with Gasteiger partial charge in [0.15, 0.2) is 11.5 Å². The highest BCUT2D eigenvalue weighted by atomic mass is 19.1. The third-order valence-electron chi connectivity index (χ3n) is 7.46. The molecule has 0 spiro atoms. The van der Waals surface area contributed by atoms with Gasteiger partial charge in [0.05, 0.1) is 36.4 Å². The van der Waals surface area contributed by atoms with Crippen LogP contribution >= 0.6 is 0 Å². The number of hydrogen-bond donors (Lipinski definition) is 3. The number of anilines is 2. The fourth-order valence-corrected chi connectivity index (χ4v) is 4.95. The van der Waals surface area contributed by atoms with E-state index in [0.717, 1.165) is 0 Å². The van der Waals surface area contributed by atoms with Gasteiger partial charge in [0, 0.05) is 17.2 Å². The van der Waals surface area contributed by atoms with Crippen LogP contribution in [0.2, 0.25) is 0 Å². The van der Waals surface area contributed by atoms with E-state index < -0.39 is 23.9 Å². The van der Waals surface area contributed by atoms with E-state index in [-0.39, 0.29) is 23.2 Å². The lowest BCUT2D eigenvalue weighted by Gasteiger charge is -2.22. The van der Waals surface area contributed by atoms with Crippen molar-refractivity contribution in [2.75, 3.05) is 17.7 Å². The Morgan fingerprint density at radius 2 is 1.93 bits per heavy atom. The van der Waals surface area contributed by atoms with Crippen LogP contribution in [0, 0.1) is 25.6 Å². The summed E-state index contributed by atoms with van der Waals surface area (Å²) in [6.07, 6.45) is 2.63. The first-order valence-corrected chi connectivity index (χ1v) is 13.8. The third kappa shape index (κ3) is 6.20. The molecule has 1 aliphatic heterocycles. The average Bonchev–Trinajstić information content (AvgIpc) is 3.38. The monoisotopic (exact) mass is 586 g/mol.